The third-order valence-corrected chi connectivity index (χ3v) is 4.42. The zero-order chi connectivity index (χ0) is 13.7. The highest BCUT2D eigenvalue weighted by atomic mass is 16.3. The number of likely N-dealkylation sites (tertiary alicyclic amines) is 1. The average molecular weight is 261 g/mol. The maximum atomic E-state index is 10.5. The van der Waals surface area contributed by atoms with E-state index >= 15 is 0 Å². The van der Waals surface area contributed by atoms with E-state index in [9.17, 15) is 5.11 Å². The van der Waals surface area contributed by atoms with Gasteiger partial charge in [-0.2, -0.15) is 0 Å². The predicted molar refractivity (Wildman–Crippen MR) is 80.1 cm³/mol. The predicted octanol–water partition coefficient (Wildman–Crippen LogP) is 3.62. The quantitative estimate of drug-likeness (QED) is 0.875. The summed E-state index contributed by atoms with van der Waals surface area (Å²) in [6.07, 6.45) is 4.88. The maximum Gasteiger partial charge on any atom is 0.0827 e. The second kappa shape index (κ2) is 7.06. The normalized spacial score (nSPS) is 24.1. The Kier molecular flexibility index (Phi) is 5.41. The van der Waals surface area contributed by atoms with Crippen molar-refractivity contribution in [1.82, 2.24) is 4.90 Å². The average Bonchev–Trinajstić information content (AvgIpc) is 2.48. The molecule has 1 fully saturated rings. The molecule has 1 aromatic carbocycles. The van der Waals surface area contributed by atoms with Gasteiger partial charge in [-0.25, -0.2) is 0 Å². The molecule has 1 aliphatic rings. The van der Waals surface area contributed by atoms with Crippen LogP contribution in [-0.4, -0.2) is 29.1 Å². The van der Waals surface area contributed by atoms with Crippen LogP contribution in [0.4, 0.5) is 0 Å². The Morgan fingerprint density at radius 3 is 2.68 bits per heavy atom. The Morgan fingerprint density at radius 1 is 1.26 bits per heavy atom. The second-order valence-electron chi connectivity index (χ2n) is 5.89. The van der Waals surface area contributed by atoms with Crippen LogP contribution < -0.4 is 0 Å². The summed E-state index contributed by atoms with van der Waals surface area (Å²) < 4.78 is 0. The molecule has 1 N–H and O–H groups in total. The van der Waals surface area contributed by atoms with Gasteiger partial charge in [-0.05, 0) is 37.3 Å². The largest absolute Gasteiger partial charge is 0.388 e. The van der Waals surface area contributed by atoms with Crippen LogP contribution >= 0.6 is 0 Å². The zero-order valence-corrected chi connectivity index (χ0v) is 12.3. The lowest BCUT2D eigenvalue weighted by Crippen LogP contribution is -2.42. The van der Waals surface area contributed by atoms with E-state index in [1.54, 1.807) is 0 Å². The molecule has 2 heteroatoms. The maximum absolute atomic E-state index is 10.5. The number of benzene rings is 1. The van der Waals surface area contributed by atoms with Gasteiger partial charge >= 0.3 is 0 Å². The van der Waals surface area contributed by atoms with Crippen molar-refractivity contribution in [2.75, 3.05) is 13.1 Å². The molecule has 0 spiro atoms. The van der Waals surface area contributed by atoms with E-state index in [4.69, 9.17) is 0 Å². The van der Waals surface area contributed by atoms with E-state index < -0.39 is 0 Å². The van der Waals surface area contributed by atoms with Gasteiger partial charge in [0.25, 0.3) is 0 Å². The zero-order valence-electron chi connectivity index (χ0n) is 12.3. The van der Waals surface area contributed by atoms with Crippen LogP contribution in [0.3, 0.4) is 0 Å². The fourth-order valence-corrected chi connectivity index (χ4v) is 3.21. The Labute approximate surface area is 117 Å². The topological polar surface area (TPSA) is 23.5 Å². The molecule has 106 valence electrons. The summed E-state index contributed by atoms with van der Waals surface area (Å²) in [6, 6.07) is 10.8. The van der Waals surface area contributed by atoms with Gasteiger partial charge in [0.05, 0.1) is 6.10 Å². The molecule has 3 unspecified atom stereocenters. The number of hydrogen-bond donors (Lipinski definition) is 1. The van der Waals surface area contributed by atoms with Gasteiger partial charge in [0.1, 0.15) is 0 Å². The van der Waals surface area contributed by atoms with Crippen molar-refractivity contribution >= 4 is 0 Å². The third-order valence-electron chi connectivity index (χ3n) is 4.42. The van der Waals surface area contributed by atoms with Crippen LogP contribution in [0.5, 0.6) is 0 Å². The van der Waals surface area contributed by atoms with Crippen LogP contribution in [0.1, 0.15) is 51.2 Å². The molecule has 1 heterocycles. The number of piperidine rings is 1. The summed E-state index contributed by atoms with van der Waals surface area (Å²) in [7, 11) is 0. The SMILES string of the molecule is CCC1CCCCN1CC(C)C(O)c1ccccc1. The van der Waals surface area contributed by atoms with Crippen molar-refractivity contribution in [3.05, 3.63) is 35.9 Å². The van der Waals surface area contributed by atoms with Crippen molar-refractivity contribution in [2.24, 2.45) is 5.92 Å². The van der Waals surface area contributed by atoms with Crippen molar-refractivity contribution in [2.45, 2.75) is 51.7 Å². The summed E-state index contributed by atoms with van der Waals surface area (Å²) in [6.45, 7) is 6.65. The van der Waals surface area contributed by atoms with Gasteiger partial charge in [-0.1, -0.05) is 50.6 Å². The van der Waals surface area contributed by atoms with E-state index in [0.29, 0.717) is 0 Å². The van der Waals surface area contributed by atoms with Crippen molar-refractivity contribution in [1.29, 1.82) is 0 Å². The standard InChI is InChI=1S/C17H27NO/c1-3-16-11-7-8-12-18(16)13-14(2)17(19)15-9-5-4-6-10-15/h4-6,9-10,14,16-17,19H,3,7-8,11-13H2,1-2H3. The van der Waals surface area contributed by atoms with Gasteiger partial charge < -0.3 is 10.0 Å². The minimum atomic E-state index is -0.347. The Morgan fingerprint density at radius 2 is 2.00 bits per heavy atom. The van der Waals surface area contributed by atoms with E-state index in [1.165, 1.54) is 32.2 Å². The molecule has 0 aliphatic carbocycles. The molecular weight excluding hydrogens is 234 g/mol. The highest BCUT2D eigenvalue weighted by Crippen LogP contribution is 2.26. The Bertz CT molecular complexity index is 365. The van der Waals surface area contributed by atoms with Crippen LogP contribution in [0.25, 0.3) is 0 Å². The van der Waals surface area contributed by atoms with Gasteiger partial charge in [-0.15, -0.1) is 0 Å². The number of aliphatic hydroxyl groups excluding tert-OH is 1. The van der Waals surface area contributed by atoms with Gasteiger partial charge in [0.15, 0.2) is 0 Å². The van der Waals surface area contributed by atoms with Gasteiger partial charge in [0, 0.05) is 12.6 Å². The summed E-state index contributed by atoms with van der Waals surface area (Å²) in [5.41, 5.74) is 1.04. The number of hydrogen-bond acceptors (Lipinski definition) is 2. The van der Waals surface area contributed by atoms with Crippen LogP contribution in [0.15, 0.2) is 30.3 Å². The minimum Gasteiger partial charge on any atom is -0.388 e. The van der Waals surface area contributed by atoms with Crippen LogP contribution in [0.2, 0.25) is 0 Å². The molecule has 0 saturated carbocycles. The van der Waals surface area contributed by atoms with E-state index in [0.717, 1.165) is 18.2 Å². The first-order chi connectivity index (χ1) is 9.22. The van der Waals surface area contributed by atoms with Crippen molar-refractivity contribution in [3.8, 4) is 0 Å². The molecule has 2 nitrogen and oxygen atoms in total. The first-order valence-electron chi connectivity index (χ1n) is 7.69. The van der Waals surface area contributed by atoms with E-state index in [2.05, 4.69) is 18.7 Å². The van der Waals surface area contributed by atoms with Crippen LogP contribution in [-0.2, 0) is 0 Å². The Hall–Kier alpha value is -0.860. The van der Waals surface area contributed by atoms with Crippen molar-refractivity contribution in [3.63, 3.8) is 0 Å². The summed E-state index contributed by atoms with van der Waals surface area (Å²) >= 11 is 0. The summed E-state index contributed by atoms with van der Waals surface area (Å²) in [5, 5.41) is 10.5. The number of aliphatic hydroxyl groups is 1. The fourth-order valence-electron chi connectivity index (χ4n) is 3.21. The summed E-state index contributed by atoms with van der Waals surface area (Å²) in [4.78, 5) is 2.58. The number of rotatable bonds is 5. The fraction of sp³-hybridized carbons (Fsp3) is 0.647. The first-order valence-corrected chi connectivity index (χ1v) is 7.69. The molecule has 1 aromatic rings. The lowest BCUT2D eigenvalue weighted by atomic mass is 9.93. The molecule has 19 heavy (non-hydrogen) atoms. The molecule has 1 aliphatic heterocycles. The third kappa shape index (κ3) is 3.80. The molecule has 3 atom stereocenters. The van der Waals surface area contributed by atoms with Gasteiger partial charge in [-0.3, -0.25) is 0 Å². The van der Waals surface area contributed by atoms with Crippen LogP contribution in [0, 0.1) is 5.92 Å². The molecule has 0 aromatic heterocycles. The lowest BCUT2D eigenvalue weighted by Gasteiger charge is -2.37. The van der Waals surface area contributed by atoms with Gasteiger partial charge in [0.2, 0.25) is 0 Å². The second-order valence-corrected chi connectivity index (χ2v) is 5.89. The molecule has 1 saturated heterocycles. The highest BCUT2D eigenvalue weighted by Gasteiger charge is 2.25. The molecule has 0 radical (unpaired) electrons. The highest BCUT2D eigenvalue weighted by molar-refractivity contribution is 5.17. The van der Waals surface area contributed by atoms with E-state index in [-0.39, 0.29) is 12.0 Å². The molecule has 0 bridgehead atoms. The van der Waals surface area contributed by atoms with Crippen molar-refractivity contribution < 1.29 is 5.11 Å². The summed E-state index contributed by atoms with van der Waals surface area (Å²) in [5.74, 6) is 0.287. The van der Waals surface area contributed by atoms with E-state index in [1.807, 2.05) is 30.3 Å². The number of nitrogens with zero attached hydrogens (tertiary/aromatic N) is 1. The molecular formula is C17H27NO. The monoisotopic (exact) mass is 261 g/mol. The molecule has 2 rings (SSSR count). The Balaban J connectivity index is 1.94. The lowest BCUT2D eigenvalue weighted by molar-refractivity contribution is 0.0588. The molecule has 0 amide bonds. The minimum absolute atomic E-state index is 0.287. The first kappa shape index (κ1) is 14.5. The smallest absolute Gasteiger partial charge is 0.0827 e.